The smallest absolute Gasteiger partial charge is 0.385 e. The summed E-state index contributed by atoms with van der Waals surface area (Å²) in [4.78, 5) is 11.1. The maximum absolute atomic E-state index is 13.9. The van der Waals surface area contributed by atoms with Crippen molar-refractivity contribution in [1.82, 2.24) is 0 Å². The average Bonchev–Trinajstić information content (AvgIpc) is 2.90. The second-order valence-corrected chi connectivity index (χ2v) is 9.35. The Hall–Kier alpha value is -2.55. The number of hydrogen-bond donors (Lipinski definition) is 1. The topological polar surface area (TPSA) is 55.8 Å². The molecule has 0 bridgehead atoms. The van der Waals surface area contributed by atoms with Crippen LogP contribution in [0, 0.1) is 0 Å². The Labute approximate surface area is 248 Å². The van der Waals surface area contributed by atoms with Gasteiger partial charge in [0.2, 0.25) is 0 Å². The number of esters is 1. The summed E-state index contributed by atoms with van der Waals surface area (Å²) >= 11 is 0. The highest BCUT2D eigenvalue weighted by Gasteiger charge is 2.98. The molecule has 0 aromatic carbocycles. The fourth-order valence-corrected chi connectivity index (χ4v) is 2.71. The molecule has 0 saturated carbocycles. The summed E-state index contributed by atoms with van der Waals surface area (Å²) < 4.78 is 331. The second-order valence-electron chi connectivity index (χ2n) is 9.35. The van der Waals surface area contributed by atoms with E-state index in [-0.39, 0.29) is 5.57 Å². The summed E-state index contributed by atoms with van der Waals surface area (Å²) in [6.07, 6.45) is -8.67. The van der Waals surface area contributed by atoms with Crippen molar-refractivity contribution in [3.05, 3.63) is 12.2 Å². The lowest BCUT2D eigenvalue weighted by molar-refractivity contribution is -0.476. The van der Waals surface area contributed by atoms with E-state index in [1.165, 1.54) is 0 Å². The molecule has 28 heteroatoms. The first-order valence-electron chi connectivity index (χ1n) is 11.2. The third-order valence-electron chi connectivity index (χ3n) is 5.66. The van der Waals surface area contributed by atoms with Crippen LogP contribution in [0.2, 0.25) is 0 Å². The van der Waals surface area contributed by atoms with Gasteiger partial charge in [0, 0.05) is 5.57 Å². The van der Waals surface area contributed by atoms with Gasteiger partial charge < -0.3 is 14.6 Å². The third-order valence-corrected chi connectivity index (χ3v) is 5.66. The normalized spacial score (nSPS) is 16.3. The average molecular weight is 774 g/mol. The summed E-state index contributed by atoms with van der Waals surface area (Å²) in [7, 11) is 0. The van der Waals surface area contributed by atoms with Crippen molar-refractivity contribution in [2.75, 3.05) is 19.8 Å². The molecule has 0 saturated heterocycles. The van der Waals surface area contributed by atoms with Crippen molar-refractivity contribution in [1.29, 1.82) is 0 Å². The number of rotatable bonds is 18. The predicted octanol–water partition coefficient (Wildman–Crippen LogP) is 7.74. The molecule has 1 unspecified atom stereocenters. The highest BCUT2D eigenvalue weighted by atomic mass is 19.4. The van der Waals surface area contributed by atoms with E-state index in [4.69, 9.17) is 0 Å². The van der Waals surface area contributed by atoms with E-state index < -0.39 is 103 Å². The Balaban J connectivity index is 6.73. The lowest BCUT2D eigenvalue weighted by Crippen LogP contribution is -2.78. The van der Waals surface area contributed by atoms with Crippen LogP contribution in [0.1, 0.15) is 6.92 Å². The van der Waals surface area contributed by atoms with Crippen LogP contribution in [0.25, 0.3) is 0 Å². The molecular weight excluding hydrogens is 760 g/mol. The molecule has 0 rings (SSSR count). The molecule has 0 amide bonds. The van der Waals surface area contributed by atoms with Crippen LogP contribution in [0.4, 0.5) is 105 Å². The number of aliphatic hydroxyl groups excluding tert-OH is 1. The van der Waals surface area contributed by atoms with Gasteiger partial charge in [-0.15, -0.1) is 0 Å². The van der Waals surface area contributed by atoms with Gasteiger partial charge in [0.05, 0.1) is 6.61 Å². The quantitative estimate of drug-likeness (QED) is 0.0881. The molecule has 1 atom stereocenters. The van der Waals surface area contributed by atoms with Gasteiger partial charge in [-0.25, -0.2) is 13.6 Å². The van der Waals surface area contributed by atoms with Crippen molar-refractivity contribution in [3.8, 4) is 0 Å². The molecule has 1 N–H and O–H groups in total. The fourth-order valence-electron chi connectivity index (χ4n) is 2.71. The SMILES string of the molecule is C=C(C)C(=O)OCC(O)COCC(F)(F)C(F)(F)C(F)(F)C(F)(F)C(F)(F)C(F)(F)C(F)(F)C(F)(F)C(F)(F)C(F)(F)C(F)(F)C(F)F. The van der Waals surface area contributed by atoms with Crippen molar-refractivity contribution in [3.63, 3.8) is 0 Å². The van der Waals surface area contributed by atoms with Gasteiger partial charge in [0.25, 0.3) is 0 Å². The van der Waals surface area contributed by atoms with E-state index in [1.54, 1.807) is 0 Å². The van der Waals surface area contributed by atoms with Gasteiger partial charge in [0.15, 0.2) is 0 Å². The van der Waals surface area contributed by atoms with E-state index in [0.717, 1.165) is 6.92 Å². The fraction of sp³-hybridized carbons (Fsp3) is 0.850. The van der Waals surface area contributed by atoms with Crippen molar-refractivity contribution >= 4 is 5.97 Å². The van der Waals surface area contributed by atoms with Crippen LogP contribution in [0.5, 0.6) is 0 Å². The first kappa shape index (κ1) is 45.5. The zero-order valence-corrected chi connectivity index (χ0v) is 22.2. The van der Waals surface area contributed by atoms with E-state index in [1.807, 2.05) is 0 Å². The largest absolute Gasteiger partial charge is 0.460 e. The molecule has 0 aliphatic heterocycles. The van der Waals surface area contributed by atoms with Crippen LogP contribution < -0.4 is 0 Å². The number of halogens is 24. The molecule has 0 spiro atoms. The number of ether oxygens (including phenoxy) is 2. The predicted molar refractivity (Wildman–Crippen MR) is 103 cm³/mol. The van der Waals surface area contributed by atoms with E-state index in [9.17, 15) is 115 Å². The number of aliphatic hydroxyl groups is 1. The minimum Gasteiger partial charge on any atom is -0.460 e. The third kappa shape index (κ3) is 6.54. The zero-order chi connectivity index (χ0) is 39.3. The maximum Gasteiger partial charge on any atom is 0.385 e. The van der Waals surface area contributed by atoms with Crippen LogP contribution in [0.3, 0.4) is 0 Å². The standard InChI is InChI=1S/C20H14F24O4/c1-6(2)8(46)48-4-7(45)3-47-5-10(23,24)12(27,28)14(31,32)16(35,36)18(39,40)20(43,44)19(41,42)17(37,38)15(33,34)13(29,30)11(25,26)9(21)22/h7,9,45H,1,3-5H2,2H3. The lowest BCUT2D eigenvalue weighted by Gasteiger charge is -2.45. The van der Waals surface area contributed by atoms with Crippen LogP contribution in [-0.2, 0) is 14.3 Å². The van der Waals surface area contributed by atoms with E-state index in [2.05, 4.69) is 16.1 Å². The van der Waals surface area contributed by atoms with Gasteiger partial charge in [-0.05, 0) is 6.92 Å². The number of alkyl halides is 24. The molecule has 48 heavy (non-hydrogen) atoms. The highest BCUT2D eigenvalue weighted by molar-refractivity contribution is 5.86. The minimum atomic E-state index is -9.55. The molecule has 0 fully saturated rings. The van der Waals surface area contributed by atoms with Crippen LogP contribution in [-0.4, -0.2) is 109 Å². The van der Waals surface area contributed by atoms with Crippen molar-refractivity contribution in [2.45, 2.75) is 84.6 Å². The Bertz CT molecular complexity index is 1160. The van der Waals surface area contributed by atoms with Crippen LogP contribution in [0.15, 0.2) is 12.2 Å². The summed E-state index contributed by atoms with van der Waals surface area (Å²) in [5.41, 5.74) is -0.388. The van der Waals surface area contributed by atoms with Crippen LogP contribution >= 0.6 is 0 Å². The van der Waals surface area contributed by atoms with Gasteiger partial charge in [0.1, 0.15) is 19.3 Å². The zero-order valence-electron chi connectivity index (χ0n) is 22.2. The first-order chi connectivity index (χ1) is 20.7. The first-order valence-corrected chi connectivity index (χ1v) is 11.2. The summed E-state index contributed by atoms with van der Waals surface area (Å²) in [5, 5.41) is 9.26. The molecular formula is C20H14F24O4. The van der Waals surface area contributed by atoms with E-state index >= 15 is 0 Å². The maximum atomic E-state index is 13.9. The van der Waals surface area contributed by atoms with Gasteiger partial charge in [-0.2, -0.15) is 96.6 Å². The molecule has 0 heterocycles. The molecule has 4 nitrogen and oxygen atoms in total. The molecule has 0 aromatic rings. The minimum absolute atomic E-state index is 0.388. The molecule has 0 aliphatic rings. The summed E-state index contributed by atoms with van der Waals surface area (Å²) in [6, 6.07) is 0. The Kier molecular flexibility index (Phi) is 12.3. The Morgan fingerprint density at radius 3 is 1.15 bits per heavy atom. The number of hydrogen-bond acceptors (Lipinski definition) is 4. The number of carbonyl (C=O) groups excluding carboxylic acids is 1. The van der Waals surface area contributed by atoms with E-state index in [0.29, 0.717) is 0 Å². The molecule has 0 aliphatic carbocycles. The molecule has 286 valence electrons. The van der Waals surface area contributed by atoms with Gasteiger partial charge in [-0.3, -0.25) is 0 Å². The number of carbonyl (C=O) groups is 1. The van der Waals surface area contributed by atoms with Crippen molar-refractivity contribution < 1.29 is 125 Å². The monoisotopic (exact) mass is 774 g/mol. The lowest BCUT2D eigenvalue weighted by atomic mass is 9.84. The van der Waals surface area contributed by atoms with Crippen molar-refractivity contribution in [2.24, 2.45) is 0 Å². The highest BCUT2D eigenvalue weighted by Crippen LogP contribution is 2.67. The molecule has 0 aromatic heterocycles. The summed E-state index contributed by atoms with van der Waals surface area (Å²) in [5.74, 6) is -98.7. The second kappa shape index (κ2) is 13.0. The Morgan fingerprint density at radius 2 is 0.854 bits per heavy atom. The Morgan fingerprint density at radius 1 is 0.562 bits per heavy atom. The summed E-state index contributed by atoms with van der Waals surface area (Å²) in [6.45, 7) is -2.58. The van der Waals surface area contributed by atoms with Gasteiger partial charge in [-0.1, -0.05) is 6.58 Å². The molecule has 0 radical (unpaired) electrons. The van der Waals surface area contributed by atoms with Gasteiger partial charge >= 0.3 is 77.5 Å².